The van der Waals surface area contributed by atoms with Gasteiger partial charge in [0.2, 0.25) is 0 Å². The van der Waals surface area contributed by atoms with E-state index >= 15 is 0 Å². The lowest BCUT2D eigenvalue weighted by Crippen LogP contribution is -2.37. The molecule has 0 aliphatic rings. The smallest absolute Gasteiger partial charge is 0.313 e. The first-order chi connectivity index (χ1) is 16.0. The first-order valence-corrected chi connectivity index (χ1v) is 10.6. The van der Waals surface area contributed by atoms with Gasteiger partial charge in [-0.05, 0) is 41.3 Å². The molecule has 1 atom stereocenters. The Morgan fingerprint density at radius 3 is 2.33 bits per heavy atom. The molecule has 0 fully saturated rings. The molecule has 0 radical (unpaired) electrons. The molecule has 0 aliphatic carbocycles. The number of ether oxygens (including phenoxy) is 1. The van der Waals surface area contributed by atoms with E-state index in [2.05, 4.69) is 16.0 Å². The van der Waals surface area contributed by atoms with Crippen molar-refractivity contribution in [2.45, 2.75) is 19.4 Å². The van der Waals surface area contributed by atoms with Crippen LogP contribution in [0.1, 0.15) is 34.3 Å². The summed E-state index contributed by atoms with van der Waals surface area (Å²) >= 11 is 0. The van der Waals surface area contributed by atoms with E-state index < -0.39 is 11.8 Å². The Morgan fingerprint density at radius 2 is 1.58 bits per heavy atom. The highest BCUT2D eigenvalue weighted by Crippen LogP contribution is 2.17. The Balaban J connectivity index is 1.58. The average Bonchev–Trinajstić information content (AvgIpc) is 2.86. The predicted molar refractivity (Wildman–Crippen MR) is 127 cm³/mol. The summed E-state index contributed by atoms with van der Waals surface area (Å²) in [7, 11) is 1.58. The summed E-state index contributed by atoms with van der Waals surface area (Å²) in [6, 6.07) is 23.6. The summed E-state index contributed by atoms with van der Waals surface area (Å²) < 4.78 is 5.19. The second-order valence-electron chi connectivity index (χ2n) is 7.56. The number of amides is 3. The van der Waals surface area contributed by atoms with E-state index in [1.807, 2.05) is 61.5 Å². The SMILES string of the molecule is COc1cccc(CNC(=O)c2ccccc2NC(=O)C(=O)NC[C@@H](C)c2ccccc2)c1. The number of carbonyl (C=O) groups is 3. The van der Waals surface area contributed by atoms with Gasteiger partial charge in [0.1, 0.15) is 5.75 Å². The van der Waals surface area contributed by atoms with Crippen molar-refractivity contribution in [1.29, 1.82) is 0 Å². The van der Waals surface area contributed by atoms with E-state index in [0.717, 1.165) is 11.1 Å². The molecule has 170 valence electrons. The molecule has 0 heterocycles. The zero-order chi connectivity index (χ0) is 23.6. The van der Waals surface area contributed by atoms with Gasteiger partial charge in [-0.2, -0.15) is 0 Å². The van der Waals surface area contributed by atoms with Crippen LogP contribution in [0.2, 0.25) is 0 Å². The molecule has 7 nitrogen and oxygen atoms in total. The highest BCUT2D eigenvalue weighted by atomic mass is 16.5. The van der Waals surface area contributed by atoms with E-state index in [0.29, 0.717) is 12.3 Å². The summed E-state index contributed by atoms with van der Waals surface area (Å²) in [5.74, 6) is -1.21. The maximum atomic E-state index is 12.7. The van der Waals surface area contributed by atoms with E-state index in [-0.39, 0.29) is 29.6 Å². The van der Waals surface area contributed by atoms with Crippen LogP contribution in [-0.2, 0) is 16.1 Å². The van der Waals surface area contributed by atoms with Gasteiger partial charge in [-0.15, -0.1) is 0 Å². The number of benzene rings is 3. The summed E-state index contributed by atoms with van der Waals surface area (Å²) in [6.07, 6.45) is 0. The molecule has 0 saturated heterocycles. The van der Waals surface area contributed by atoms with Gasteiger partial charge in [0.05, 0.1) is 18.4 Å². The first kappa shape index (κ1) is 23.5. The Kier molecular flexibility index (Phi) is 8.18. The van der Waals surface area contributed by atoms with Crippen molar-refractivity contribution < 1.29 is 19.1 Å². The number of methoxy groups -OCH3 is 1. The van der Waals surface area contributed by atoms with Crippen molar-refractivity contribution in [3.63, 3.8) is 0 Å². The molecule has 0 aromatic heterocycles. The van der Waals surface area contributed by atoms with Crippen LogP contribution < -0.4 is 20.7 Å². The summed E-state index contributed by atoms with van der Waals surface area (Å²) in [5.41, 5.74) is 2.46. The van der Waals surface area contributed by atoms with E-state index in [1.54, 1.807) is 31.4 Å². The van der Waals surface area contributed by atoms with Crippen molar-refractivity contribution in [3.8, 4) is 5.75 Å². The number of para-hydroxylation sites is 1. The van der Waals surface area contributed by atoms with Gasteiger partial charge in [0.15, 0.2) is 0 Å². The van der Waals surface area contributed by atoms with Crippen LogP contribution in [0.4, 0.5) is 5.69 Å². The first-order valence-electron chi connectivity index (χ1n) is 10.6. The van der Waals surface area contributed by atoms with Crippen LogP contribution in [-0.4, -0.2) is 31.4 Å². The molecule has 7 heteroatoms. The predicted octanol–water partition coefficient (Wildman–Crippen LogP) is 3.48. The minimum atomic E-state index is -0.830. The lowest BCUT2D eigenvalue weighted by molar-refractivity contribution is -0.136. The minimum Gasteiger partial charge on any atom is -0.497 e. The van der Waals surface area contributed by atoms with Gasteiger partial charge in [-0.1, -0.05) is 61.5 Å². The largest absolute Gasteiger partial charge is 0.497 e. The van der Waals surface area contributed by atoms with Gasteiger partial charge >= 0.3 is 11.8 Å². The van der Waals surface area contributed by atoms with Crippen LogP contribution >= 0.6 is 0 Å². The molecule has 3 aromatic carbocycles. The quantitative estimate of drug-likeness (QED) is 0.463. The van der Waals surface area contributed by atoms with Crippen molar-refractivity contribution in [1.82, 2.24) is 10.6 Å². The van der Waals surface area contributed by atoms with Crippen molar-refractivity contribution in [3.05, 3.63) is 95.6 Å². The molecule has 0 aliphatic heterocycles. The monoisotopic (exact) mass is 445 g/mol. The second-order valence-corrected chi connectivity index (χ2v) is 7.56. The van der Waals surface area contributed by atoms with Gasteiger partial charge in [0.25, 0.3) is 5.91 Å². The minimum absolute atomic E-state index is 0.0534. The van der Waals surface area contributed by atoms with Crippen LogP contribution in [0.25, 0.3) is 0 Å². The van der Waals surface area contributed by atoms with Crippen LogP contribution in [0.5, 0.6) is 5.75 Å². The van der Waals surface area contributed by atoms with Gasteiger partial charge in [0, 0.05) is 13.1 Å². The number of anilines is 1. The standard InChI is InChI=1S/C26H27N3O4/c1-18(20-10-4-3-5-11-20)16-27-25(31)26(32)29-23-14-7-6-13-22(23)24(30)28-17-19-9-8-12-21(15-19)33-2/h3-15,18H,16-17H2,1-2H3,(H,27,31)(H,28,30)(H,29,32)/t18-/m1/s1. The topological polar surface area (TPSA) is 96.5 Å². The van der Waals surface area contributed by atoms with Gasteiger partial charge in [-0.25, -0.2) is 0 Å². The fourth-order valence-electron chi connectivity index (χ4n) is 3.25. The zero-order valence-corrected chi connectivity index (χ0v) is 18.6. The second kappa shape index (κ2) is 11.5. The molecule has 3 aromatic rings. The van der Waals surface area contributed by atoms with E-state index in [1.165, 1.54) is 0 Å². The Bertz CT molecular complexity index is 1120. The lowest BCUT2D eigenvalue weighted by Gasteiger charge is -2.14. The highest BCUT2D eigenvalue weighted by molar-refractivity contribution is 6.40. The van der Waals surface area contributed by atoms with Crippen LogP contribution in [0, 0.1) is 0 Å². The molecular formula is C26H27N3O4. The van der Waals surface area contributed by atoms with Gasteiger partial charge in [-0.3, -0.25) is 14.4 Å². The molecular weight excluding hydrogens is 418 g/mol. The third-order valence-electron chi connectivity index (χ3n) is 5.15. The molecule has 0 bridgehead atoms. The Hall–Kier alpha value is -4.13. The lowest BCUT2D eigenvalue weighted by atomic mass is 10.0. The van der Waals surface area contributed by atoms with Crippen molar-refractivity contribution >= 4 is 23.4 Å². The van der Waals surface area contributed by atoms with E-state index in [9.17, 15) is 14.4 Å². The maximum absolute atomic E-state index is 12.7. The fraction of sp³-hybridized carbons (Fsp3) is 0.192. The van der Waals surface area contributed by atoms with Crippen LogP contribution in [0.15, 0.2) is 78.9 Å². The third kappa shape index (κ3) is 6.67. The molecule has 0 unspecified atom stereocenters. The molecule has 3 amide bonds. The maximum Gasteiger partial charge on any atom is 0.313 e. The van der Waals surface area contributed by atoms with Crippen molar-refractivity contribution in [2.24, 2.45) is 0 Å². The number of rotatable bonds is 8. The zero-order valence-electron chi connectivity index (χ0n) is 18.6. The summed E-state index contributed by atoms with van der Waals surface area (Å²) in [5, 5.41) is 8.00. The molecule has 0 spiro atoms. The van der Waals surface area contributed by atoms with Gasteiger partial charge < -0.3 is 20.7 Å². The van der Waals surface area contributed by atoms with E-state index in [4.69, 9.17) is 4.74 Å². The average molecular weight is 446 g/mol. The van der Waals surface area contributed by atoms with Crippen molar-refractivity contribution in [2.75, 3.05) is 19.0 Å². The number of hydrogen-bond acceptors (Lipinski definition) is 4. The Labute approximate surface area is 193 Å². The molecule has 33 heavy (non-hydrogen) atoms. The number of hydrogen-bond donors (Lipinski definition) is 3. The number of carbonyl (C=O) groups excluding carboxylic acids is 3. The highest BCUT2D eigenvalue weighted by Gasteiger charge is 2.18. The molecule has 3 rings (SSSR count). The number of nitrogens with one attached hydrogen (secondary N) is 3. The summed E-state index contributed by atoms with van der Waals surface area (Å²) in [4.78, 5) is 37.4. The normalized spacial score (nSPS) is 11.2. The molecule has 0 saturated carbocycles. The molecule has 3 N–H and O–H groups in total. The fourth-order valence-corrected chi connectivity index (χ4v) is 3.25. The Morgan fingerprint density at radius 1 is 0.848 bits per heavy atom. The summed E-state index contributed by atoms with van der Waals surface area (Å²) in [6.45, 7) is 2.57. The van der Waals surface area contributed by atoms with Crippen LogP contribution in [0.3, 0.4) is 0 Å². The third-order valence-corrected chi connectivity index (χ3v) is 5.15.